The predicted octanol–water partition coefficient (Wildman–Crippen LogP) is 3.65. The minimum absolute atomic E-state index is 0.182. The number of ether oxygens (including phenoxy) is 3. The van der Waals surface area contributed by atoms with Gasteiger partial charge in [0.15, 0.2) is 0 Å². The summed E-state index contributed by atoms with van der Waals surface area (Å²) in [6, 6.07) is 13.3. The lowest BCUT2D eigenvalue weighted by atomic mass is 10.1. The summed E-state index contributed by atoms with van der Waals surface area (Å²) in [5.74, 6) is 2.19. The molecule has 0 bridgehead atoms. The molecule has 4 heteroatoms. The van der Waals surface area contributed by atoms with Gasteiger partial charge >= 0.3 is 0 Å². The topological polar surface area (TPSA) is 53.7 Å². The molecule has 2 rings (SSSR count). The first-order valence-electron chi connectivity index (χ1n) is 6.84. The van der Waals surface area contributed by atoms with Gasteiger partial charge in [-0.05, 0) is 36.8 Å². The molecular weight excluding hydrogens is 266 g/mol. The summed E-state index contributed by atoms with van der Waals surface area (Å²) in [6.07, 6.45) is 0. The van der Waals surface area contributed by atoms with Gasteiger partial charge in [-0.3, -0.25) is 0 Å². The molecule has 0 fully saturated rings. The summed E-state index contributed by atoms with van der Waals surface area (Å²) in [6.45, 7) is 2.46. The van der Waals surface area contributed by atoms with Crippen molar-refractivity contribution >= 4 is 0 Å². The van der Waals surface area contributed by atoms with Crippen molar-refractivity contribution in [1.29, 1.82) is 0 Å². The molecule has 1 atom stereocenters. The second kappa shape index (κ2) is 7.11. The highest BCUT2D eigenvalue weighted by Gasteiger charge is 2.15. The molecule has 2 aromatic rings. The smallest absolute Gasteiger partial charge is 0.135 e. The van der Waals surface area contributed by atoms with Crippen LogP contribution in [0.15, 0.2) is 42.5 Å². The van der Waals surface area contributed by atoms with E-state index in [1.807, 2.05) is 49.4 Å². The number of rotatable bonds is 6. The predicted molar refractivity (Wildman–Crippen MR) is 82.8 cm³/mol. The van der Waals surface area contributed by atoms with Gasteiger partial charge in [-0.2, -0.15) is 0 Å². The minimum atomic E-state index is -0.182. The molecule has 0 spiro atoms. The highest BCUT2D eigenvalue weighted by Crippen LogP contribution is 2.35. The molecule has 112 valence electrons. The number of nitrogens with two attached hydrogens (primary N) is 1. The third-order valence-electron chi connectivity index (χ3n) is 3.14. The van der Waals surface area contributed by atoms with Gasteiger partial charge in [-0.15, -0.1) is 0 Å². The molecule has 2 N–H and O–H groups in total. The standard InChI is InChI=1S/C17H21NO3/c1-12(18)17-15(20-3)8-5-9-16(17)21-14-7-4-6-13(10-14)11-19-2/h4-10,12H,11,18H2,1-3H3/t12-/m1/s1. The Morgan fingerprint density at radius 3 is 2.43 bits per heavy atom. The summed E-state index contributed by atoms with van der Waals surface area (Å²) in [4.78, 5) is 0. The van der Waals surface area contributed by atoms with Crippen LogP contribution < -0.4 is 15.2 Å². The maximum atomic E-state index is 6.04. The quantitative estimate of drug-likeness (QED) is 0.881. The van der Waals surface area contributed by atoms with Gasteiger partial charge in [-0.1, -0.05) is 18.2 Å². The lowest BCUT2D eigenvalue weighted by molar-refractivity contribution is 0.184. The first kappa shape index (κ1) is 15.4. The molecule has 0 aliphatic carbocycles. The summed E-state index contributed by atoms with van der Waals surface area (Å²) in [5.41, 5.74) is 7.96. The SMILES string of the molecule is COCc1cccc(Oc2cccc(OC)c2[C@@H](C)N)c1. The number of benzene rings is 2. The minimum Gasteiger partial charge on any atom is -0.496 e. The fraction of sp³-hybridized carbons (Fsp3) is 0.294. The second-order valence-electron chi connectivity index (χ2n) is 4.84. The van der Waals surface area contributed by atoms with Crippen LogP contribution in [0, 0.1) is 0 Å². The Labute approximate surface area is 125 Å². The van der Waals surface area contributed by atoms with E-state index in [-0.39, 0.29) is 6.04 Å². The van der Waals surface area contributed by atoms with E-state index in [1.165, 1.54) is 0 Å². The zero-order chi connectivity index (χ0) is 15.2. The summed E-state index contributed by atoms with van der Waals surface area (Å²) in [7, 11) is 3.30. The molecule has 0 saturated carbocycles. The Morgan fingerprint density at radius 1 is 1.05 bits per heavy atom. The van der Waals surface area contributed by atoms with Crippen molar-refractivity contribution in [2.75, 3.05) is 14.2 Å². The molecule has 0 aliphatic heterocycles. The van der Waals surface area contributed by atoms with Gasteiger partial charge in [0, 0.05) is 13.2 Å². The van der Waals surface area contributed by atoms with Gasteiger partial charge in [0.1, 0.15) is 17.2 Å². The van der Waals surface area contributed by atoms with E-state index in [2.05, 4.69) is 0 Å². The first-order chi connectivity index (χ1) is 10.2. The van der Waals surface area contributed by atoms with Crippen molar-refractivity contribution in [3.63, 3.8) is 0 Å². The van der Waals surface area contributed by atoms with Gasteiger partial charge in [-0.25, -0.2) is 0 Å². The Balaban J connectivity index is 2.33. The Kier molecular flexibility index (Phi) is 5.20. The van der Waals surface area contributed by atoms with Crippen LogP contribution in [0.5, 0.6) is 17.2 Å². The molecular formula is C17H21NO3. The summed E-state index contributed by atoms with van der Waals surface area (Å²) >= 11 is 0. The van der Waals surface area contributed by atoms with Crippen LogP contribution in [0.3, 0.4) is 0 Å². The lowest BCUT2D eigenvalue weighted by Crippen LogP contribution is -2.08. The summed E-state index contributed by atoms with van der Waals surface area (Å²) in [5, 5.41) is 0. The largest absolute Gasteiger partial charge is 0.496 e. The van der Waals surface area contributed by atoms with Crippen LogP contribution >= 0.6 is 0 Å². The summed E-state index contributed by atoms with van der Waals surface area (Å²) < 4.78 is 16.5. The van der Waals surface area contributed by atoms with Crippen LogP contribution in [-0.2, 0) is 11.3 Å². The van der Waals surface area contributed by atoms with E-state index in [4.69, 9.17) is 19.9 Å². The molecule has 4 nitrogen and oxygen atoms in total. The van der Waals surface area contributed by atoms with Gasteiger partial charge in [0.25, 0.3) is 0 Å². The van der Waals surface area contributed by atoms with Crippen molar-refractivity contribution in [1.82, 2.24) is 0 Å². The third-order valence-corrected chi connectivity index (χ3v) is 3.14. The normalized spacial score (nSPS) is 12.0. The zero-order valence-corrected chi connectivity index (χ0v) is 12.6. The van der Waals surface area contributed by atoms with E-state index < -0.39 is 0 Å². The van der Waals surface area contributed by atoms with Crippen LogP contribution in [0.25, 0.3) is 0 Å². The Bertz CT molecular complexity index is 596. The zero-order valence-electron chi connectivity index (χ0n) is 12.6. The van der Waals surface area contributed by atoms with Crippen molar-refractivity contribution in [3.8, 4) is 17.2 Å². The van der Waals surface area contributed by atoms with E-state index >= 15 is 0 Å². The molecule has 0 radical (unpaired) electrons. The first-order valence-corrected chi connectivity index (χ1v) is 6.84. The number of methoxy groups -OCH3 is 2. The maximum absolute atomic E-state index is 6.04. The average Bonchev–Trinajstić information content (AvgIpc) is 2.47. The van der Waals surface area contributed by atoms with Gasteiger partial charge in [0.2, 0.25) is 0 Å². The molecule has 0 unspecified atom stereocenters. The number of hydrogen-bond donors (Lipinski definition) is 1. The average molecular weight is 287 g/mol. The number of hydrogen-bond acceptors (Lipinski definition) is 4. The Morgan fingerprint density at radius 2 is 1.76 bits per heavy atom. The lowest BCUT2D eigenvalue weighted by Gasteiger charge is -2.17. The van der Waals surface area contributed by atoms with E-state index in [9.17, 15) is 0 Å². The van der Waals surface area contributed by atoms with E-state index in [0.29, 0.717) is 12.4 Å². The molecule has 2 aromatic carbocycles. The molecule has 21 heavy (non-hydrogen) atoms. The van der Waals surface area contributed by atoms with E-state index in [0.717, 1.165) is 22.6 Å². The molecule has 0 saturated heterocycles. The monoisotopic (exact) mass is 287 g/mol. The van der Waals surface area contributed by atoms with Crippen LogP contribution in [0.1, 0.15) is 24.1 Å². The van der Waals surface area contributed by atoms with Crippen molar-refractivity contribution in [2.45, 2.75) is 19.6 Å². The molecule has 0 aliphatic rings. The van der Waals surface area contributed by atoms with Crippen LogP contribution in [-0.4, -0.2) is 14.2 Å². The molecule has 0 amide bonds. The van der Waals surface area contributed by atoms with Crippen molar-refractivity contribution < 1.29 is 14.2 Å². The maximum Gasteiger partial charge on any atom is 0.135 e. The highest BCUT2D eigenvalue weighted by molar-refractivity contribution is 5.48. The molecule has 0 aromatic heterocycles. The van der Waals surface area contributed by atoms with Crippen LogP contribution in [0.2, 0.25) is 0 Å². The van der Waals surface area contributed by atoms with E-state index in [1.54, 1.807) is 14.2 Å². The Hall–Kier alpha value is -2.04. The van der Waals surface area contributed by atoms with Crippen molar-refractivity contribution in [3.05, 3.63) is 53.6 Å². The second-order valence-corrected chi connectivity index (χ2v) is 4.84. The fourth-order valence-electron chi connectivity index (χ4n) is 2.23. The van der Waals surface area contributed by atoms with Crippen molar-refractivity contribution in [2.24, 2.45) is 5.73 Å². The fourth-order valence-corrected chi connectivity index (χ4v) is 2.23. The third kappa shape index (κ3) is 3.74. The van der Waals surface area contributed by atoms with Gasteiger partial charge < -0.3 is 19.9 Å². The molecule has 0 heterocycles. The van der Waals surface area contributed by atoms with Gasteiger partial charge in [0.05, 0.1) is 19.3 Å². The van der Waals surface area contributed by atoms with Crippen LogP contribution in [0.4, 0.5) is 0 Å². The highest BCUT2D eigenvalue weighted by atomic mass is 16.5.